The van der Waals surface area contributed by atoms with Crippen LogP contribution in [0.15, 0.2) is 78.0 Å². The van der Waals surface area contributed by atoms with E-state index in [1.165, 1.54) is 5.56 Å². The number of allylic oxidation sites excluding steroid dienone is 4. The van der Waals surface area contributed by atoms with Crippen molar-refractivity contribution in [3.63, 3.8) is 0 Å². The van der Waals surface area contributed by atoms with E-state index in [0.29, 0.717) is 18.0 Å². The van der Waals surface area contributed by atoms with Crippen molar-refractivity contribution in [2.45, 2.75) is 12.8 Å². The highest BCUT2D eigenvalue weighted by Gasteiger charge is 2.36. The van der Waals surface area contributed by atoms with Gasteiger partial charge in [0.15, 0.2) is 6.61 Å². The highest BCUT2D eigenvalue weighted by Crippen LogP contribution is 2.41. The Morgan fingerprint density at radius 1 is 0.969 bits per heavy atom. The molecule has 32 heavy (non-hydrogen) atoms. The smallest absolute Gasteiger partial charge is 0.347 e. The zero-order valence-corrected chi connectivity index (χ0v) is 17.7. The van der Waals surface area contributed by atoms with Crippen LogP contribution >= 0.6 is 0 Å². The van der Waals surface area contributed by atoms with Gasteiger partial charge >= 0.3 is 5.97 Å². The lowest BCUT2D eigenvalue weighted by atomic mass is 9.88. The maximum atomic E-state index is 12.0. The highest BCUT2D eigenvalue weighted by molar-refractivity contribution is 6.08. The molecule has 0 spiro atoms. The predicted octanol–water partition coefficient (Wildman–Crippen LogP) is 3.83. The van der Waals surface area contributed by atoms with Gasteiger partial charge in [0.25, 0.3) is 5.91 Å². The van der Waals surface area contributed by atoms with E-state index < -0.39 is 18.5 Å². The first-order valence-electron chi connectivity index (χ1n) is 10.5. The maximum Gasteiger partial charge on any atom is 0.347 e. The number of nitrogens with zero attached hydrogens (tertiary/aromatic N) is 1. The topological polar surface area (TPSA) is 86.2 Å². The molecule has 0 fully saturated rings. The summed E-state index contributed by atoms with van der Waals surface area (Å²) >= 11 is 0. The van der Waals surface area contributed by atoms with E-state index in [1.807, 2.05) is 37.3 Å². The lowest BCUT2D eigenvalue weighted by Gasteiger charge is -2.15. The van der Waals surface area contributed by atoms with Crippen LogP contribution < -0.4 is 10.1 Å². The molecular weight excluding hydrogens is 408 g/mol. The van der Waals surface area contributed by atoms with Gasteiger partial charge in [-0.05, 0) is 36.8 Å². The molecule has 1 amide bonds. The quantitative estimate of drug-likeness (QED) is 0.506. The van der Waals surface area contributed by atoms with Crippen LogP contribution in [-0.4, -0.2) is 37.4 Å². The van der Waals surface area contributed by atoms with Gasteiger partial charge in [0, 0.05) is 23.1 Å². The third-order valence-electron chi connectivity index (χ3n) is 5.21. The molecule has 1 N–H and O–H groups in total. The number of esters is 1. The summed E-state index contributed by atoms with van der Waals surface area (Å²) in [5, 5.41) is 6.88. The van der Waals surface area contributed by atoms with Crippen molar-refractivity contribution in [1.29, 1.82) is 0 Å². The largest absolute Gasteiger partial charge is 0.494 e. The van der Waals surface area contributed by atoms with Crippen LogP contribution in [0.4, 0.5) is 5.69 Å². The van der Waals surface area contributed by atoms with Crippen molar-refractivity contribution < 1.29 is 23.9 Å². The van der Waals surface area contributed by atoms with Gasteiger partial charge in [-0.3, -0.25) is 4.79 Å². The summed E-state index contributed by atoms with van der Waals surface area (Å²) in [6, 6.07) is 15.0. The second kappa shape index (κ2) is 9.96. The average molecular weight is 432 g/mol. The SMILES string of the molecule is CCOc1ccc(NC(=O)COC(=O)CO/N=C2/c3ccccc3[C@@H]3C=CC=C[C@H]23)cc1. The van der Waals surface area contributed by atoms with E-state index in [-0.39, 0.29) is 18.4 Å². The Kier molecular flexibility index (Phi) is 6.65. The summed E-state index contributed by atoms with van der Waals surface area (Å²) in [6.07, 6.45) is 8.23. The minimum Gasteiger partial charge on any atom is -0.494 e. The number of carbonyl (C=O) groups is 2. The van der Waals surface area contributed by atoms with Crippen LogP contribution in [0, 0.1) is 5.92 Å². The molecule has 2 aromatic rings. The summed E-state index contributed by atoms with van der Waals surface area (Å²) in [5.74, 6) is -0.102. The average Bonchev–Trinajstić information content (AvgIpc) is 3.13. The van der Waals surface area contributed by atoms with Crippen LogP contribution in [0.5, 0.6) is 5.75 Å². The van der Waals surface area contributed by atoms with E-state index in [1.54, 1.807) is 24.3 Å². The molecule has 0 saturated heterocycles. The summed E-state index contributed by atoms with van der Waals surface area (Å²) in [5.41, 5.74) is 3.57. The first-order valence-corrected chi connectivity index (χ1v) is 10.5. The Balaban J connectivity index is 1.26. The van der Waals surface area contributed by atoms with E-state index in [2.05, 4.69) is 28.7 Å². The molecule has 0 heterocycles. The van der Waals surface area contributed by atoms with Crippen LogP contribution in [-0.2, 0) is 19.2 Å². The Morgan fingerprint density at radius 2 is 1.72 bits per heavy atom. The van der Waals surface area contributed by atoms with Crippen molar-refractivity contribution in [1.82, 2.24) is 0 Å². The Labute approximate surface area is 186 Å². The third-order valence-corrected chi connectivity index (χ3v) is 5.21. The minimum atomic E-state index is -0.668. The molecule has 2 aliphatic carbocycles. The number of ether oxygens (including phenoxy) is 2. The number of hydrogen-bond acceptors (Lipinski definition) is 6. The number of amides is 1. The highest BCUT2D eigenvalue weighted by atomic mass is 16.7. The van der Waals surface area contributed by atoms with Gasteiger partial charge in [0.1, 0.15) is 5.75 Å². The Hall–Kier alpha value is -3.87. The van der Waals surface area contributed by atoms with E-state index in [4.69, 9.17) is 14.3 Å². The monoisotopic (exact) mass is 432 g/mol. The molecule has 0 aliphatic heterocycles. The zero-order chi connectivity index (χ0) is 22.3. The summed E-state index contributed by atoms with van der Waals surface area (Å²) in [6.45, 7) is 1.68. The number of benzene rings is 2. The predicted molar refractivity (Wildman–Crippen MR) is 121 cm³/mol. The Bertz CT molecular complexity index is 1070. The van der Waals surface area contributed by atoms with Crippen LogP contribution in [0.25, 0.3) is 0 Å². The number of fused-ring (bicyclic) bond motifs is 3. The minimum absolute atomic E-state index is 0.0771. The molecule has 0 aromatic heterocycles. The summed E-state index contributed by atoms with van der Waals surface area (Å²) in [7, 11) is 0. The second-order valence-corrected chi connectivity index (χ2v) is 7.32. The zero-order valence-electron chi connectivity index (χ0n) is 17.7. The van der Waals surface area contributed by atoms with Crippen molar-refractivity contribution in [2.75, 3.05) is 25.1 Å². The number of anilines is 1. The molecule has 0 radical (unpaired) electrons. The molecule has 7 nitrogen and oxygen atoms in total. The van der Waals surface area contributed by atoms with Gasteiger partial charge < -0.3 is 19.6 Å². The van der Waals surface area contributed by atoms with Gasteiger partial charge in [-0.15, -0.1) is 0 Å². The van der Waals surface area contributed by atoms with E-state index in [9.17, 15) is 9.59 Å². The summed E-state index contributed by atoms with van der Waals surface area (Å²) in [4.78, 5) is 29.3. The first-order chi connectivity index (χ1) is 15.7. The fraction of sp³-hybridized carbons (Fsp3) is 0.240. The van der Waals surface area contributed by atoms with E-state index >= 15 is 0 Å². The van der Waals surface area contributed by atoms with Gasteiger partial charge in [-0.25, -0.2) is 4.79 Å². The lowest BCUT2D eigenvalue weighted by Crippen LogP contribution is -2.22. The van der Waals surface area contributed by atoms with Crippen molar-refractivity contribution in [3.8, 4) is 5.75 Å². The normalized spacial score (nSPS) is 19.2. The van der Waals surface area contributed by atoms with Gasteiger partial charge in [-0.2, -0.15) is 0 Å². The molecule has 2 atom stereocenters. The van der Waals surface area contributed by atoms with Crippen molar-refractivity contribution in [3.05, 3.63) is 84.0 Å². The lowest BCUT2D eigenvalue weighted by molar-refractivity contribution is -0.151. The van der Waals surface area contributed by atoms with Crippen molar-refractivity contribution in [2.24, 2.45) is 11.1 Å². The fourth-order valence-electron chi connectivity index (χ4n) is 3.82. The summed E-state index contributed by atoms with van der Waals surface area (Å²) < 4.78 is 10.3. The number of nitrogens with one attached hydrogen (secondary N) is 1. The molecule has 7 heteroatoms. The standard InChI is InChI=1S/C25H24N2O5/c1-2-30-18-13-11-17(12-14-18)26-23(28)15-31-24(29)16-32-27-25-21-9-5-3-7-19(21)20-8-4-6-10-22(20)25/h3-14,19,21H,2,15-16H2,1H3,(H,26,28)/b27-25+/t19-,21-/m0/s1. The van der Waals surface area contributed by atoms with Gasteiger partial charge in [0.2, 0.25) is 6.61 Å². The van der Waals surface area contributed by atoms with Crippen LogP contribution in [0.1, 0.15) is 24.0 Å². The molecular formula is C25H24N2O5. The number of carbonyl (C=O) groups excluding carboxylic acids is 2. The third kappa shape index (κ3) is 4.88. The number of hydrogen-bond donors (Lipinski definition) is 1. The molecule has 0 saturated carbocycles. The molecule has 2 aliphatic rings. The molecule has 4 rings (SSSR count). The first kappa shape index (κ1) is 21.4. The number of rotatable bonds is 8. The van der Waals surface area contributed by atoms with Crippen LogP contribution in [0.3, 0.4) is 0 Å². The second-order valence-electron chi connectivity index (χ2n) is 7.32. The van der Waals surface area contributed by atoms with E-state index in [0.717, 1.165) is 11.3 Å². The molecule has 2 aromatic carbocycles. The maximum absolute atomic E-state index is 12.0. The molecule has 0 bridgehead atoms. The van der Waals surface area contributed by atoms with Crippen molar-refractivity contribution >= 4 is 23.3 Å². The fourth-order valence-corrected chi connectivity index (χ4v) is 3.82. The Morgan fingerprint density at radius 3 is 2.50 bits per heavy atom. The van der Waals surface area contributed by atoms with Gasteiger partial charge in [0.05, 0.1) is 12.3 Å². The van der Waals surface area contributed by atoms with Crippen LogP contribution in [0.2, 0.25) is 0 Å². The molecule has 164 valence electrons. The number of oxime groups is 1. The van der Waals surface area contributed by atoms with Gasteiger partial charge in [-0.1, -0.05) is 53.7 Å². The molecule has 0 unspecified atom stereocenters.